The van der Waals surface area contributed by atoms with E-state index in [0.717, 1.165) is 49.6 Å². The van der Waals surface area contributed by atoms with Crippen molar-refractivity contribution >= 4 is 31.8 Å². The van der Waals surface area contributed by atoms with Gasteiger partial charge in [0.1, 0.15) is 5.65 Å². The lowest BCUT2D eigenvalue weighted by Crippen LogP contribution is -2.44. The summed E-state index contributed by atoms with van der Waals surface area (Å²) in [6.45, 7) is 1.13. The van der Waals surface area contributed by atoms with Crippen LogP contribution in [0.25, 0.3) is 21.8 Å². The van der Waals surface area contributed by atoms with E-state index in [0.29, 0.717) is 19.0 Å². The molecule has 2 aliphatic rings. The second-order valence-electron chi connectivity index (χ2n) is 9.04. The van der Waals surface area contributed by atoms with Crippen molar-refractivity contribution in [2.75, 3.05) is 26.0 Å². The van der Waals surface area contributed by atoms with Crippen LogP contribution in [0, 0.1) is 5.92 Å². The Labute approximate surface area is 183 Å². The number of fused-ring (bicyclic) bond motifs is 3. The highest BCUT2D eigenvalue weighted by Crippen LogP contribution is 2.40. The van der Waals surface area contributed by atoms with E-state index in [-0.39, 0.29) is 17.8 Å². The summed E-state index contributed by atoms with van der Waals surface area (Å²) in [7, 11) is -1.56. The number of aromatic amines is 1. The Morgan fingerprint density at radius 2 is 2.03 bits per heavy atom. The topological polar surface area (TPSA) is 88.2 Å². The number of hydrogen-bond donors (Lipinski definition) is 1. The van der Waals surface area contributed by atoms with Crippen LogP contribution in [-0.4, -0.2) is 59.7 Å². The lowest BCUT2D eigenvalue weighted by Gasteiger charge is -2.34. The fraction of sp³-hybridized carbons (Fsp3) is 0.565. The van der Waals surface area contributed by atoms with Crippen LogP contribution in [0.15, 0.2) is 30.9 Å². The second-order valence-corrected chi connectivity index (χ2v) is 11.1. The SMILES string of the molecule is COC1CCCN(S(=O)(=O)CC2CCC(c3c[nH]c4ncc5cnccc5c34)CC2)C1. The zero-order valence-corrected chi connectivity index (χ0v) is 18.8. The maximum absolute atomic E-state index is 13.0. The number of H-pyrrole nitrogens is 1. The number of piperidine rings is 1. The molecule has 1 saturated heterocycles. The Morgan fingerprint density at radius 3 is 2.84 bits per heavy atom. The maximum atomic E-state index is 13.0. The standard InChI is InChI=1S/C23H30N4O3S/c1-30-19-3-2-10-27(14-19)31(28,29)15-16-4-6-17(7-5-16)21-13-26-23-22(21)20-8-9-24-11-18(20)12-25-23/h8-9,11-13,16-17,19H,2-7,10,14-15H2,1H3,(H,25,26). The van der Waals surface area contributed by atoms with Crippen molar-refractivity contribution in [2.45, 2.75) is 50.5 Å². The van der Waals surface area contributed by atoms with Crippen molar-refractivity contribution < 1.29 is 13.2 Å². The molecule has 1 atom stereocenters. The molecule has 0 aromatic carbocycles. The van der Waals surface area contributed by atoms with E-state index in [9.17, 15) is 8.42 Å². The van der Waals surface area contributed by atoms with E-state index in [1.165, 1.54) is 16.3 Å². The molecule has 0 spiro atoms. The minimum atomic E-state index is -3.23. The molecule has 0 radical (unpaired) electrons. The second kappa shape index (κ2) is 8.48. The van der Waals surface area contributed by atoms with Crippen molar-refractivity contribution in [3.05, 3.63) is 36.4 Å². The number of ether oxygens (including phenoxy) is 1. The largest absolute Gasteiger partial charge is 0.380 e. The number of pyridine rings is 2. The highest BCUT2D eigenvalue weighted by molar-refractivity contribution is 7.89. The molecule has 3 aromatic heterocycles. The molecule has 4 heterocycles. The van der Waals surface area contributed by atoms with Gasteiger partial charge in [0, 0.05) is 55.8 Å². The molecule has 1 aliphatic heterocycles. The van der Waals surface area contributed by atoms with Crippen molar-refractivity contribution in [3.63, 3.8) is 0 Å². The number of nitrogens with zero attached hydrogens (tertiary/aromatic N) is 3. The molecule has 1 unspecified atom stereocenters. The molecule has 1 N–H and O–H groups in total. The summed E-state index contributed by atoms with van der Waals surface area (Å²) in [5, 5.41) is 3.42. The average Bonchev–Trinajstić information content (AvgIpc) is 3.24. The highest BCUT2D eigenvalue weighted by Gasteiger charge is 2.33. The Balaban J connectivity index is 1.28. The summed E-state index contributed by atoms with van der Waals surface area (Å²) in [5.74, 6) is 0.926. The van der Waals surface area contributed by atoms with Gasteiger partial charge in [-0.3, -0.25) is 4.98 Å². The van der Waals surface area contributed by atoms with Crippen LogP contribution in [0.4, 0.5) is 0 Å². The Morgan fingerprint density at radius 1 is 1.19 bits per heavy atom. The summed E-state index contributed by atoms with van der Waals surface area (Å²) in [6, 6.07) is 2.06. The summed E-state index contributed by atoms with van der Waals surface area (Å²) in [4.78, 5) is 12.1. The molecule has 1 saturated carbocycles. The molecule has 31 heavy (non-hydrogen) atoms. The first-order chi connectivity index (χ1) is 15.0. The van der Waals surface area contributed by atoms with Crippen molar-refractivity contribution in [1.29, 1.82) is 0 Å². The number of hydrogen-bond acceptors (Lipinski definition) is 5. The van der Waals surface area contributed by atoms with Crippen molar-refractivity contribution in [1.82, 2.24) is 19.3 Å². The maximum Gasteiger partial charge on any atom is 0.214 e. The zero-order chi connectivity index (χ0) is 21.4. The molecule has 166 valence electrons. The number of methoxy groups -OCH3 is 1. The van der Waals surface area contributed by atoms with Crippen LogP contribution >= 0.6 is 0 Å². The van der Waals surface area contributed by atoms with Crippen LogP contribution < -0.4 is 0 Å². The van der Waals surface area contributed by atoms with Gasteiger partial charge in [-0.05, 0) is 67.4 Å². The Kier molecular flexibility index (Phi) is 5.71. The number of aromatic nitrogens is 3. The third-order valence-corrected chi connectivity index (χ3v) is 9.16. The molecular weight excluding hydrogens is 412 g/mol. The highest BCUT2D eigenvalue weighted by atomic mass is 32.2. The molecule has 0 bridgehead atoms. The predicted octanol–water partition coefficient (Wildman–Crippen LogP) is 3.83. The predicted molar refractivity (Wildman–Crippen MR) is 121 cm³/mol. The monoisotopic (exact) mass is 442 g/mol. The van der Waals surface area contributed by atoms with Crippen LogP contribution in [0.2, 0.25) is 0 Å². The summed E-state index contributed by atoms with van der Waals surface area (Å²) < 4.78 is 33.1. The van der Waals surface area contributed by atoms with Crippen molar-refractivity contribution in [3.8, 4) is 0 Å². The molecular formula is C23H30N4O3S. The number of nitrogens with one attached hydrogen (secondary N) is 1. The van der Waals surface area contributed by atoms with Gasteiger partial charge in [0.25, 0.3) is 0 Å². The van der Waals surface area contributed by atoms with Gasteiger partial charge in [-0.15, -0.1) is 0 Å². The van der Waals surface area contributed by atoms with Gasteiger partial charge < -0.3 is 9.72 Å². The number of sulfonamides is 1. The van der Waals surface area contributed by atoms with Gasteiger partial charge in [0.05, 0.1) is 11.9 Å². The quantitative estimate of drug-likeness (QED) is 0.649. The first-order valence-corrected chi connectivity index (χ1v) is 12.9. The van der Waals surface area contributed by atoms with E-state index in [4.69, 9.17) is 4.74 Å². The fourth-order valence-electron chi connectivity index (χ4n) is 5.40. The Hall–Kier alpha value is -2.03. The Bertz CT molecular complexity index is 1170. The normalized spacial score (nSPS) is 25.9. The first kappa shape index (κ1) is 20.8. The lowest BCUT2D eigenvalue weighted by molar-refractivity contribution is 0.0570. The minimum Gasteiger partial charge on any atom is -0.380 e. The lowest BCUT2D eigenvalue weighted by atomic mass is 9.79. The molecule has 7 nitrogen and oxygen atoms in total. The summed E-state index contributed by atoms with van der Waals surface area (Å²) in [6.07, 6.45) is 13.4. The first-order valence-electron chi connectivity index (χ1n) is 11.3. The van der Waals surface area contributed by atoms with E-state index in [1.807, 2.05) is 18.6 Å². The van der Waals surface area contributed by atoms with E-state index >= 15 is 0 Å². The molecule has 2 fully saturated rings. The molecule has 0 amide bonds. The fourth-order valence-corrected chi connectivity index (χ4v) is 7.34. The average molecular weight is 443 g/mol. The zero-order valence-electron chi connectivity index (χ0n) is 18.0. The molecule has 8 heteroatoms. The molecule has 1 aliphatic carbocycles. The van der Waals surface area contributed by atoms with E-state index in [2.05, 4.69) is 27.2 Å². The van der Waals surface area contributed by atoms with Crippen molar-refractivity contribution in [2.24, 2.45) is 5.92 Å². The number of rotatable bonds is 5. The third kappa shape index (κ3) is 4.08. The van der Waals surface area contributed by atoms with Crippen LogP contribution in [0.5, 0.6) is 0 Å². The minimum absolute atomic E-state index is 0.0276. The van der Waals surface area contributed by atoms with E-state index < -0.39 is 10.0 Å². The van der Waals surface area contributed by atoms with Gasteiger partial charge in [-0.1, -0.05) is 0 Å². The van der Waals surface area contributed by atoms with E-state index in [1.54, 1.807) is 11.4 Å². The van der Waals surface area contributed by atoms with Gasteiger partial charge in [0.15, 0.2) is 0 Å². The van der Waals surface area contributed by atoms with Gasteiger partial charge in [-0.25, -0.2) is 13.4 Å². The van der Waals surface area contributed by atoms with Crippen LogP contribution in [-0.2, 0) is 14.8 Å². The smallest absolute Gasteiger partial charge is 0.214 e. The molecule has 5 rings (SSSR count). The van der Waals surface area contributed by atoms with Gasteiger partial charge in [0.2, 0.25) is 10.0 Å². The third-order valence-electron chi connectivity index (χ3n) is 7.14. The summed E-state index contributed by atoms with van der Waals surface area (Å²) in [5.41, 5.74) is 2.22. The van der Waals surface area contributed by atoms with Gasteiger partial charge in [-0.2, -0.15) is 4.31 Å². The van der Waals surface area contributed by atoms with Gasteiger partial charge >= 0.3 is 0 Å². The van der Waals surface area contributed by atoms with Crippen LogP contribution in [0.1, 0.15) is 50.0 Å². The molecule has 3 aromatic rings. The van der Waals surface area contributed by atoms with Crippen LogP contribution in [0.3, 0.4) is 0 Å². The summed E-state index contributed by atoms with van der Waals surface area (Å²) >= 11 is 0.